The first kappa shape index (κ1) is 72.4. The predicted octanol–water partition coefficient (Wildman–Crippen LogP) is 8.62. The molecule has 0 saturated carbocycles. The largest absolute Gasteiger partial charge is 0.495 e. The molecule has 0 unspecified atom stereocenters. The summed E-state index contributed by atoms with van der Waals surface area (Å²) in [5.41, 5.74) is 6.31. The van der Waals surface area contributed by atoms with Gasteiger partial charge in [-0.3, -0.25) is 14.4 Å². The van der Waals surface area contributed by atoms with Gasteiger partial charge in [0.2, 0.25) is 17.8 Å². The number of amides is 3. The number of anilines is 6. The summed E-state index contributed by atoms with van der Waals surface area (Å²) in [4.78, 5) is 83.7. The summed E-state index contributed by atoms with van der Waals surface area (Å²) in [5.74, 6) is 5.16. The first-order valence-electron chi connectivity index (χ1n) is 34.2. The van der Waals surface area contributed by atoms with Gasteiger partial charge in [0, 0.05) is 110 Å². The van der Waals surface area contributed by atoms with Crippen LogP contribution in [0.1, 0.15) is 103 Å². The number of carbonyl (C=O) groups excluding carboxylic acids is 3. The zero-order valence-electron chi connectivity index (χ0n) is 57.2. The molecule has 0 radical (unpaired) electrons. The van der Waals surface area contributed by atoms with Crippen LogP contribution in [0.2, 0.25) is 15.1 Å². The summed E-state index contributed by atoms with van der Waals surface area (Å²) in [7, 11) is 4.72. The number of fused-ring (bicyclic) bond motifs is 2. The van der Waals surface area contributed by atoms with Crippen LogP contribution < -0.4 is 44.9 Å². The molecule has 102 heavy (non-hydrogen) atoms. The summed E-state index contributed by atoms with van der Waals surface area (Å²) in [5, 5.41) is 40.7. The third-order valence-electron chi connectivity index (χ3n) is 19.0. The molecule has 4 aromatic heterocycles. The molecule has 6 aliphatic rings. The lowest BCUT2D eigenvalue weighted by molar-refractivity contribution is 0.0303. The molecule has 14 rings (SSSR count). The number of morpholine rings is 1. The second-order valence-electron chi connectivity index (χ2n) is 25.4. The third-order valence-corrected chi connectivity index (χ3v) is 19.9. The van der Waals surface area contributed by atoms with Gasteiger partial charge in [0.1, 0.15) is 57.2 Å². The molecule has 30 heteroatoms. The van der Waals surface area contributed by atoms with E-state index in [4.69, 9.17) is 68.7 Å². The minimum atomic E-state index is -0.152. The van der Waals surface area contributed by atoms with Crippen LogP contribution in [0, 0.1) is 0 Å². The van der Waals surface area contributed by atoms with E-state index in [-0.39, 0.29) is 55.7 Å². The van der Waals surface area contributed by atoms with Crippen molar-refractivity contribution in [3.63, 3.8) is 0 Å². The van der Waals surface area contributed by atoms with Gasteiger partial charge in [0.25, 0.3) is 17.7 Å². The number of aliphatic hydroxyl groups excluding tert-OH is 3. The molecule has 4 aromatic carbocycles. The number of nitrogens with zero attached hydrogens (tertiary/aromatic N) is 14. The molecule has 8 aromatic rings. The number of methoxy groups -OCH3 is 3. The third kappa shape index (κ3) is 16.9. The maximum absolute atomic E-state index is 13.6. The molecule has 0 bridgehead atoms. The SMILES string of the molecule is COc1ccc(CNc2nc(N3CCC[C@@H]3CO)ncc2C(=O)N2CCOCC2)cc1Cl.COc1ccc(CNc2nc(N3CCC[C@@H]3CO)ncc2C(=O)N2Cc3ccccc3C2)cc1Cl.COc1ccc(CNc2nc(N3CCC[C@H]3CO)ncc2C(=O)N2CCn3ccnc3C2)cc1Cl. The highest BCUT2D eigenvalue weighted by atomic mass is 35.5. The summed E-state index contributed by atoms with van der Waals surface area (Å²) >= 11 is 18.8. The monoisotopic (exact) mass is 1450 g/mol. The van der Waals surface area contributed by atoms with Crippen molar-refractivity contribution in [3.05, 3.63) is 175 Å². The maximum Gasteiger partial charge on any atom is 0.259 e. The highest BCUT2D eigenvalue weighted by Crippen LogP contribution is 2.34. The molecule has 3 amide bonds. The average molecular weight is 1450 g/mol. The van der Waals surface area contributed by atoms with E-state index < -0.39 is 0 Å². The summed E-state index contributed by atoms with van der Waals surface area (Å²) in [6.07, 6.45) is 14.0. The number of benzene rings is 4. The molecule has 4 saturated heterocycles. The zero-order chi connectivity index (χ0) is 71.2. The van der Waals surface area contributed by atoms with Crippen molar-refractivity contribution in [2.24, 2.45) is 0 Å². The van der Waals surface area contributed by atoms with Gasteiger partial charge in [-0.05, 0) is 103 Å². The first-order valence-corrected chi connectivity index (χ1v) is 35.3. The molecule has 538 valence electrons. The number of aromatic nitrogens is 8. The van der Waals surface area contributed by atoms with Gasteiger partial charge < -0.3 is 84.2 Å². The number of halogens is 3. The normalized spacial score (nSPS) is 17.6. The van der Waals surface area contributed by atoms with Crippen molar-refractivity contribution in [3.8, 4) is 17.2 Å². The van der Waals surface area contributed by atoms with Gasteiger partial charge in [-0.25, -0.2) is 19.9 Å². The summed E-state index contributed by atoms with van der Waals surface area (Å²) in [6.45, 7) is 8.62. The van der Waals surface area contributed by atoms with Gasteiger partial charge in [-0.15, -0.1) is 0 Å². The smallest absolute Gasteiger partial charge is 0.259 e. The first-order chi connectivity index (χ1) is 49.7. The van der Waals surface area contributed by atoms with E-state index in [2.05, 4.69) is 52.6 Å². The standard InChI is InChI=1S/C26H28ClN5O3.C24H28ClN7O3.C22H28ClN5O4/c1-35-23-9-8-17(11-22(23)27)12-28-24-21(13-29-26(30-24)32-10-4-7-20(32)16-33)25(34)31-14-18-5-2-3-6-19(18)15-31;1-35-20-5-4-16(11-19(20)25)12-27-22-18(13-28-24(29-22)32-7-2-3-17(32)15-33)23(34)31-10-9-30-8-6-26-21(30)14-31;1-31-19-5-4-15(11-18(19)23)12-24-20-17(21(30)27-7-9-32-10-8-27)13-25-22(26-20)28-6-2-3-16(28)14-29/h2-3,5-6,8-9,11,13,20,33H,4,7,10,12,14-16H2,1H3,(H,28,29,30);4-6,8,11,13,17,33H,2-3,7,9-10,12,14-15H2,1H3,(H,27,28,29);4-5,11,13,16,29H,2-3,6-10,12,14H2,1H3,(H,24,25,26)/t20-;17-;16-/m101/s1. The van der Waals surface area contributed by atoms with Gasteiger partial charge in [0.15, 0.2) is 0 Å². The Bertz CT molecular complexity index is 4090. The van der Waals surface area contributed by atoms with Gasteiger partial charge >= 0.3 is 0 Å². The van der Waals surface area contributed by atoms with Crippen LogP contribution in [0.4, 0.5) is 35.3 Å². The number of ether oxygens (including phenoxy) is 4. The van der Waals surface area contributed by atoms with Crippen LogP contribution in [0.5, 0.6) is 17.2 Å². The zero-order valence-corrected chi connectivity index (χ0v) is 59.5. The molecule has 3 atom stereocenters. The van der Waals surface area contributed by atoms with Crippen molar-refractivity contribution in [2.45, 2.75) is 102 Å². The van der Waals surface area contributed by atoms with E-state index in [9.17, 15) is 29.7 Å². The Balaban J connectivity index is 0.000000145. The van der Waals surface area contributed by atoms with Crippen LogP contribution in [0.15, 0.2) is 110 Å². The Hall–Kier alpha value is -9.35. The Morgan fingerprint density at radius 3 is 1.26 bits per heavy atom. The lowest BCUT2D eigenvalue weighted by Crippen LogP contribution is -2.41. The van der Waals surface area contributed by atoms with Crippen LogP contribution in [0.3, 0.4) is 0 Å². The number of imidazole rings is 1. The second-order valence-corrected chi connectivity index (χ2v) is 26.6. The van der Waals surface area contributed by atoms with Crippen molar-refractivity contribution >= 4 is 87.8 Å². The molecule has 27 nitrogen and oxygen atoms in total. The predicted molar refractivity (Wildman–Crippen MR) is 388 cm³/mol. The maximum atomic E-state index is 13.6. The minimum absolute atomic E-state index is 0.0101. The molecule has 0 spiro atoms. The summed E-state index contributed by atoms with van der Waals surface area (Å²) in [6, 6.07) is 24.7. The number of nitrogens with one attached hydrogen (secondary N) is 3. The molecule has 6 N–H and O–H groups in total. The quantitative estimate of drug-likeness (QED) is 0.0392. The van der Waals surface area contributed by atoms with Gasteiger partial charge in [-0.1, -0.05) is 77.3 Å². The molecule has 0 aliphatic carbocycles. The molecule has 10 heterocycles. The second kappa shape index (κ2) is 34.1. The minimum Gasteiger partial charge on any atom is -0.495 e. The topological polar surface area (TPSA) is 300 Å². The number of carbonyl (C=O) groups is 3. The van der Waals surface area contributed by atoms with Crippen LogP contribution in [-0.4, -0.2) is 199 Å². The molecular weight excluding hydrogens is 1370 g/mol. The fourth-order valence-corrected chi connectivity index (χ4v) is 14.2. The number of rotatable bonds is 21. The van der Waals surface area contributed by atoms with Crippen LogP contribution in [-0.2, 0) is 50.6 Å². The number of hydrogen-bond acceptors (Lipinski definition) is 23. The lowest BCUT2D eigenvalue weighted by Gasteiger charge is -2.29. The molecular formula is C72H84Cl3N17O10. The van der Waals surface area contributed by atoms with E-state index >= 15 is 0 Å². The van der Waals surface area contributed by atoms with Crippen LogP contribution in [0.25, 0.3) is 0 Å². The Labute approximate surface area is 606 Å². The fraction of sp³-hybridized carbons (Fsp3) is 0.417. The number of aliphatic hydroxyl groups is 3. The van der Waals surface area contributed by atoms with Crippen molar-refractivity contribution in [2.75, 3.05) is 124 Å². The average Bonchev–Trinajstić information content (AvgIpc) is 1.19. The van der Waals surface area contributed by atoms with Gasteiger partial charge in [0.05, 0.1) is 94.1 Å². The van der Waals surface area contributed by atoms with E-state index in [0.29, 0.717) is 163 Å². The Kier molecular flexibility index (Phi) is 24.2. The van der Waals surface area contributed by atoms with Crippen molar-refractivity contribution in [1.29, 1.82) is 0 Å². The van der Waals surface area contributed by atoms with E-state index in [1.54, 1.807) is 62.0 Å². The van der Waals surface area contributed by atoms with Gasteiger partial charge in [-0.2, -0.15) is 15.0 Å². The number of hydrogen-bond donors (Lipinski definition) is 6. The lowest BCUT2D eigenvalue weighted by atomic mass is 10.1. The Morgan fingerprint density at radius 1 is 0.490 bits per heavy atom. The van der Waals surface area contributed by atoms with Crippen LogP contribution >= 0.6 is 34.8 Å². The van der Waals surface area contributed by atoms with E-state index in [0.717, 1.165) is 91.8 Å². The molecule has 6 aliphatic heterocycles. The van der Waals surface area contributed by atoms with Crippen molar-refractivity contribution in [1.82, 2.24) is 54.2 Å². The highest BCUT2D eigenvalue weighted by molar-refractivity contribution is 6.32. The van der Waals surface area contributed by atoms with E-state index in [1.165, 1.54) is 0 Å². The highest BCUT2D eigenvalue weighted by Gasteiger charge is 2.34. The van der Waals surface area contributed by atoms with Crippen molar-refractivity contribution < 1.29 is 48.7 Å². The molecule has 4 fully saturated rings. The fourth-order valence-electron chi connectivity index (χ4n) is 13.4. The van der Waals surface area contributed by atoms with E-state index in [1.807, 2.05) is 86.5 Å². The summed E-state index contributed by atoms with van der Waals surface area (Å²) < 4.78 is 23.1. The Morgan fingerprint density at radius 2 is 0.882 bits per heavy atom.